The van der Waals surface area contributed by atoms with E-state index in [9.17, 15) is 0 Å². The fourth-order valence-electron chi connectivity index (χ4n) is 2.16. The number of unbranched alkanes of at least 4 members (excludes halogenated alkanes) is 5. The van der Waals surface area contributed by atoms with E-state index >= 15 is 0 Å². The van der Waals surface area contributed by atoms with Gasteiger partial charge in [-0.25, -0.2) is 0 Å². The summed E-state index contributed by atoms with van der Waals surface area (Å²) in [7, 11) is 0. The molecule has 0 spiro atoms. The molecular formula is C15H33N. The average molecular weight is 227 g/mol. The van der Waals surface area contributed by atoms with E-state index in [4.69, 9.17) is 0 Å². The summed E-state index contributed by atoms with van der Waals surface area (Å²) < 4.78 is 0. The highest BCUT2D eigenvalue weighted by Crippen LogP contribution is 2.11. The van der Waals surface area contributed by atoms with Gasteiger partial charge in [-0.3, -0.25) is 0 Å². The maximum absolute atomic E-state index is 3.71. The molecule has 0 aliphatic heterocycles. The molecule has 1 N–H and O–H groups in total. The third-order valence-corrected chi connectivity index (χ3v) is 3.25. The van der Waals surface area contributed by atoms with E-state index in [1.165, 1.54) is 70.8 Å². The normalized spacial score (nSPS) is 12.9. The van der Waals surface area contributed by atoms with E-state index in [1.807, 2.05) is 0 Å². The zero-order valence-corrected chi connectivity index (χ0v) is 11.9. The van der Waals surface area contributed by atoms with Crippen molar-refractivity contribution in [1.82, 2.24) is 5.32 Å². The van der Waals surface area contributed by atoms with Gasteiger partial charge >= 0.3 is 0 Å². The standard InChI is InChI=1S/C15H33N/c1-4-7-9-11-13-15(16-14-6-3)12-10-8-5-2/h15-16H,4-14H2,1-3H3. The summed E-state index contributed by atoms with van der Waals surface area (Å²) >= 11 is 0. The molecule has 0 aliphatic carbocycles. The Labute approximate surface area is 103 Å². The Balaban J connectivity index is 3.54. The van der Waals surface area contributed by atoms with Crippen molar-refractivity contribution in [2.75, 3.05) is 6.54 Å². The van der Waals surface area contributed by atoms with Crippen LogP contribution in [-0.2, 0) is 0 Å². The summed E-state index contributed by atoms with van der Waals surface area (Å²) in [4.78, 5) is 0. The van der Waals surface area contributed by atoms with Gasteiger partial charge in [0.2, 0.25) is 0 Å². The fraction of sp³-hybridized carbons (Fsp3) is 1.00. The van der Waals surface area contributed by atoms with Crippen LogP contribution in [0, 0.1) is 0 Å². The summed E-state index contributed by atoms with van der Waals surface area (Å²) in [6.45, 7) is 8.03. The monoisotopic (exact) mass is 227 g/mol. The van der Waals surface area contributed by atoms with Crippen molar-refractivity contribution in [3.05, 3.63) is 0 Å². The van der Waals surface area contributed by atoms with Crippen LogP contribution in [0.5, 0.6) is 0 Å². The Morgan fingerprint density at radius 1 is 0.688 bits per heavy atom. The number of hydrogen-bond donors (Lipinski definition) is 1. The summed E-state index contributed by atoms with van der Waals surface area (Å²) in [5, 5.41) is 3.71. The Morgan fingerprint density at radius 2 is 1.25 bits per heavy atom. The molecule has 0 rings (SSSR count). The third kappa shape index (κ3) is 10.5. The lowest BCUT2D eigenvalue weighted by Gasteiger charge is -2.18. The van der Waals surface area contributed by atoms with Gasteiger partial charge in [-0.15, -0.1) is 0 Å². The van der Waals surface area contributed by atoms with Crippen LogP contribution < -0.4 is 5.32 Å². The van der Waals surface area contributed by atoms with Crippen molar-refractivity contribution in [3.63, 3.8) is 0 Å². The van der Waals surface area contributed by atoms with Crippen LogP contribution >= 0.6 is 0 Å². The Morgan fingerprint density at radius 3 is 1.81 bits per heavy atom. The van der Waals surface area contributed by atoms with E-state index in [2.05, 4.69) is 26.1 Å². The molecule has 0 aliphatic rings. The largest absolute Gasteiger partial charge is 0.314 e. The van der Waals surface area contributed by atoms with Gasteiger partial charge in [-0.1, -0.05) is 65.7 Å². The zero-order chi connectivity index (χ0) is 12.1. The second-order valence-electron chi connectivity index (χ2n) is 5.00. The lowest BCUT2D eigenvalue weighted by Crippen LogP contribution is -2.29. The van der Waals surface area contributed by atoms with Crippen molar-refractivity contribution in [3.8, 4) is 0 Å². The molecule has 0 fully saturated rings. The van der Waals surface area contributed by atoms with Crippen LogP contribution in [0.3, 0.4) is 0 Å². The van der Waals surface area contributed by atoms with Crippen LogP contribution in [0.1, 0.15) is 85.0 Å². The first-order valence-electron chi connectivity index (χ1n) is 7.58. The van der Waals surface area contributed by atoms with Crippen molar-refractivity contribution in [1.29, 1.82) is 0 Å². The van der Waals surface area contributed by atoms with Crippen LogP contribution in [0.25, 0.3) is 0 Å². The molecule has 0 aromatic rings. The first-order chi connectivity index (χ1) is 7.85. The molecule has 0 amide bonds. The molecule has 0 aromatic heterocycles. The SMILES string of the molecule is CCCCCCC(CCCCC)NCCC. The second-order valence-corrected chi connectivity index (χ2v) is 5.00. The van der Waals surface area contributed by atoms with Gasteiger partial charge in [0.05, 0.1) is 0 Å². The van der Waals surface area contributed by atoms with E-state index in [1.54, 1.807) is 0 Å². The molecule has 0 saturated carbocycles. The predicted molar refractivity (Wildman–Crippen MR) is 75.0 cm³/mol. The van der Waals surface area contributed by atoms with E-state index in [-0.39, 0.29) is 0 Å². The Hall–Kier alpha value is -0.0400. The van der Waals surface area contributed by atoms with Crippen molar-refractivity contribution >= 4 is 0 Å². The first kappa shape index (κ1) is 16.0. The van der Waals surface area contributed by atoms with Crippen LogP contribution in [0.4, 0.5) is 0 Å². The molecule has 1 unspecified atom stereocenters. The molecule has 0 radical (unpaired) electrons. The molecule has 0 saturated heterocycles. The Bertz CT molecular complexity index is 123. The highest BCUT2D eigenvalue weighted by Gasteiger charge is 2.06. The second kappa shape index (κ2) is 13.0. The van der Waals surface area contributed by atoms with E-state index in [0.717, 1.165) is 6.04 Å². The highest BCUT2D eigenvalue weighted by atomic mass is 14.9. The number of rotatable bonds is 12. The first-order valence-corrected chi connectivity index (χ1v) is 7.58. The third-order valence-electron chi connectivity index (χ3n) is 3.25. The molecule has 1 nitrogen and oxygen atoms in total. The number of hydrogen-bond acceptors (Lipinski definition) is 1. The fourth-order valence-corrected chi connectivity index (χ4v) is 2.16. The molecule has 1 atom stereocenters. The molecule has 0 aromatic carbocycles. The summed E-state index contributed by atoms with van der Waals surface area (Å²) in [5.41, 5.74) is 0. The van der Waals surface area contributed by atoms with Crippen molar-refractivity contribution < 1.29 is 0 Å². The minimum atomic E-state index is 0.795. The summed E-state index contributed by atoms with van der Waals surface area (Å²) in [6, 6.07) is 0.795. The zero-order valence-electron chi connectivity index (χ0n) is 11.9. The molecule has 16 heavy (non-hydrogen) atoms. The predicted octanol–water partition coefficient (Wildman–Crippen LogP) is 4.91. The lowest BCUT2D eigenvalue weighted by atomic mass is 10.0. The average Bonchev–Trinajstić information content (AvgIpc) is 2.31. The van der Waals surface area contributed by atoms with Crippen molar-refractivity contribution in [2.24, 2.45) is 0 Å². The van der Waals surface area contributed by atoms with Crippen LogP contribution in [0.2, 0.25) is 0 Å². The summed E-state index contributed by atoms with van der Waals surface area (Å²) in [5.74, 6) is 0. The van der Waals surface area contributed by atoms with Gasteiger partial charge in [-0.05, 0) is 25.8 Å². The van der Waals surface area contributed by atoms with Gasteiger partial charge in [0.15, 0.2) is 0 Å². The molecule has 0 bridgehead atoms. The number of nitrogens with one attached hydrogen (secondary N) is 1. The van der Waals surface area contributed by atoms with Gasteiger partial charge in [-0.2, -0.15) is 0 Å². The quantitative estimate of drug-likeness (QED) is 0.467. The van der Waals surface area contributed by atoms with E-state index < -0.39 is 0 Å². The molecular weight excluding hydrogens is 194 g/mol. The van der Waals surface area contributed by atoms with Gasteiger partial charge in [0.25, 0.3) is 0 Å². The van der Waals surface area contributed by atoms with Crippen LogP contribution in [0.15, 0.2) is 0 Å². The Kier molecular flexibility index (Phi) is 13.0. The van der Waals surface area contributed by atoms with Gasteiger partial charge < -0.3 is 5.32 Å². The molecule has 0 heterocycles. The highest BCUT2D eigenvalue weighted by molar-refractivity contribution is 4.66. The van der Waals surface area contributed by atoms with Crippen LogP contribution in [-0.4, -0.2) is 12.6 Å². The lowest BCUT2D eigenvalue weighted by molar-refractivity contribution is 0.417. The molecule has 98 valence electrons. The maximum Gasteiger partial charge on any atom is 0.00670 e. The summed E-state index contributed by atoms with van der Waals surface area (Å²) in [6.07, 6.45) is 13.8. The smallest absolute Gasteiger partial charge is 0.00670 e. The minimum Gasteiger partial charge on any atom is -0.314 e. The van der Waals surface area contributed by atoms with Gasteiger partial charge in [0, 0.05) is 6.04 Å². The topological polar surface area (TPSA) is 12.0 Å². The van der Waals surface area contributed by atoms with E-state index in [0.29, 0.717) is 0 Å². The van der Waals surface area contributed by atoms with Crippen molar-refractivity contribution in [2.45, 2.75) is 91.0 Å². The molecule has 1 heteroatoms. The van der Waals surface area contributed by atoms with Gasteiger partial charge in [0.1, 0.15) is 0 Å². The maximum atomic E-state index is 3.71. The minimum absolute atomic E-state index is 0.795.